The summed E-state index contributed by atoms with van der Waals surface area (Å²) in [5.74, 6) is 0.685. The third-order valence-corrected chi connectivity index (χ3v) is 2.87. The molecule has 0 fully saturated rings. The van der Waals surface area contributed by atoms with E-state index in [0.29, 0.717) is 23.9 Å². The summed E-state index contributed by atoms with van der Waals surface area (Å²) in [4.78, 5) is 4.23. The van der Waals surface area contributed by atoms with Crippen LogP contribution in [0.1, 0.15) is 11.3 Å². The zero-order valence-electron chi connectivity index (χ0n) is 9.97. The van der Waals surface area contributed by atoms with Crippen molar-refractivity contribution in [2.45, 2.75) is 13.0 Å². The normalized spacial score (nSPS) is 10.3. The average Bonchev–Trinajstić information content (AvgIpc) is 2.42. The molecule has 0 atom stereocenters. The highest BCUT2D eigenvalue weighted by atomic mass is 35.5. The molecular weight excluding hydrogens is 248 g/mol. The Morgan fingerprint density at radius 2 is 2.11 bits per heavy atom. The van der Waals surface area contributed by atoms with E-state index in [0.717, 1.165) is 17.7 Å². The Hall–Kier alpha value is -1.58. The molecule has 2 N–H and O–H groups in total. The Labute approximate surface area is 112 Å². The number of aromatic nitrogens is 1. The van der Waals surface area contributed by atoms with Crippen molar-refractivity contribution in [1.29, 1.82) is 0 Å². The number of hydrogen-bond acceptors (Lipinski definition) is 3. The van der Waals surface area contributed by atoms with Gasteiger partial charge in [-0.3, -0.25) is 4.98 Å². The van der Waals surface area contributed by atoms with Crippen molar-refractivity contribution in [3.8, 4) is 5.75 Å². The van der Waals surface area contributed by atoms with Crippen LogP contribution >= 0.6 is 11.6 Å². The molecule has 94 valence electrons. The molecule has 18 heavy (non-hydrogen) atoms. The van der Waals surface area contributed by atoms with Crippen molar-refractivity contribution in [2.24, 2.45) is 5.73 Å². The molecule has 0 radical (unpaired) electrons. The Morgan fingerprint density at radius 1 is 1.22 bits per heavy atom. The molecule has 2 aromatic rings. The molecule has 0 saturated carbocycles. The van der Waals surface area contributed by atoms with Crippen LogP contribution in [-0.4, -0.2) is 11.6 Å². The lowest BCUT2D eigenvalue weighted by Gasteiger charge is -2.08. The first-order chi connectivity index (χ1) is 8.79. The van der Waals surface area contributed by atoms with Gasteiger partial charge >= 0.3 is 0 Å². The lowest BCUT2D eigenvalue weighted by Crippen LogP contribution is -2.03. The van der Waals surface area contributed by atoms with Crippen LogP contribution in [0.3, 0.4) is 0 Å². The molecule has 0 spiro atoms. The van der Waals surface area contributed by atoms with E-state index in [4.69, 9.17) is 22.1 Å². The second-order valence-corrected chi connectivity index (χ2v) is 4.30. The first kappa shape index (κ1) is 12.9. The SMILES string of the molecule is NCc1ccc(OCCc2ccccn2)c(Cl)c1. The van der Waals surface area contributed by atoms with Crippen LogP contribution in [-0.2, 0) is 13.0 Å². The van der Waals surface area contributed by atoms with Crippen LogP contribution in [0.25, 0.3) is 0 Å². The summed E-state index contributed by atoms with van der Waals surface area (Å²) in [6.07, 6.45) is 2.54. The third kappa shape index (κ3) is 3.45. The second kappa shape index (κ2) is 6.38. The maximum Gasteiger partial charge on any atom is 0.137 e. The zero-order chi connectivity index (χ0) is 12.8. The number of hydrogen-bond donors (Lipinski definition) is 1. The highest BCUT2D eigenvalue weighted by Crippen LogP contribution is 2.25. The summed E-state index contributed by atoms with van der Waals surface area (Å²) in [6.45, 7) is 1.03. The maximum absolute atomic E-state index is 6.09. The fourth-order valence-corrected chi connectivity index (χ4v) is 1.86. The monoisotopic (exact) mass is 262 g/mol. The first-order valence-corrected chi connectivity index (χ1v) is 6.18. The van der Waals surface area contributed by atoms with Gasteiger partial charge in [0.15, 0.2) is 0 Å². The largest absolute Gasteiger partial charge is 0.492 e. The highest BCUT2D eigenvalue weighted by molar-refractivity contribution is 6.32. The van der Waals surface area contributed by atoms with E-state index < -0.39 is 0 Å². The van der Waals surface area contributed by atoms with Crippen molar-refractivity contribution in [1.82, 2.24) is 4.98 Å². The van der Waals surface area contributed by atoms with Gasteiger partial charge in [0.05, 0.1) is 11.6 Å². The van der Waals surface area contributed by atoms with Gasteiger partial charge in [0.2, 0.25) is 0 Å². The number of benzene rings is 1. The van der Waals surface area contributed by atoms with Crippen LogP contribution in [0.2, 0.25) is 5.02 Å². The van der Waals surface area contributed by atoms with Gasteiger partial charge < -0.3 is 10.5 Å². The predicted octanol–water partition coefficient (Wildman–Crippen LogP) is 2.82. The fraction of sp³-hybridized carbons (Fsp3) is 0.214. The summed E-state index contributed by atoms with van der Waals surface area (Å²) in [6, 6.07) is 11.4. The standard InChI is InChI=1S/C14H15ClN2O/c15-13-9-11(10-16)4-5-14(13)18-8-6-12-3-1-2-7-17-12/h1-5,7,9H,6,8,10,16H2. The van der Waals surface area contributed by atoms with E-state index in [1.807, 2.05) is 36.4 Å². The third-order valence-electron chi connectivity index (χ3n) is 2.57. The van der Waals surface area contributed by atoms with Crippen molar-refractivity contribution >= 4 is 11.6 Å². The Bertz CT molecular complexity index is 502. The van der Waals surface area contributed by atoms with Crippen molar-refractivity contribution in [3.63, 3.8) is 0 Å². The number of nitrogens with zero attached hydrogens (tertiary/aromatic N) is 1. The molecule has 4 heteroatoms. The number of rotatable bonds is 5. The molecule has 2 rings (SSSR count). The first-order valence-electron chi connectivity index (χ1n) is 5.81. The number of pyridine rings is 1. The molecule has 0 aliphatic carbocycles. The summed E-state index contributed by atoms with van der Waals surface area (Å²) in [5, 5.41) is 0.596. The predicted molar refractivity (Wildman–Crippen MR) is 72.8 cm³/mol. The number of halogens is 1. The van der Waals surface area contributed by atoms with E-state index in [9.17, 15) is 0 Å². The zero-order valence-corrected chi connectivity index (χ0v) is 10.7. The van der Waals surface area contributed by atoms with Crippen molar-refractivity contribution in [2.75, 3.05) is 6.61 Å². The fourth-order valence-electron chi connectivity index (χ4n) is 1.60. The van der Waals surface area contributed by atoms with Crippen LogP contribution in [0.15, 0.2) is 42.6 Å². The molecule has 3 nitrogen and oxygen atoms in total. The molecule has 1 aromatic heterocycles. The second-order valence-electron chi connectivity index (χ2n) is 3.89. The molecule has 1 heterocycles. The Kier molecular flexibility index (Phi) is 4.56. The van der Waals surface area contributed by atoms with Gasteiger partial charge in [-0.15, -0.1) is 0 Å². The molecule has 0 aliphatic rings. The van der Waals surface area contributed by atoms with E-state index in [-0.39, 0.29) is 0 Å². The topological polar surface area (TPSA) is 48.1 Å². The van der Waals surface area contributed by atoms with Gasteiger partial charge in [-0.25, -0.2) is 0 Å². The van der Waals surface area contributed by atoms with Gasteiger partial charge in [0.25, 0.3) is 0 Å². The number of nitrogens with two attached hydrogens (primary N) is 1. The Morgan fingerprint density at radius 3 is 2.78 bits per heavy atom. The van der Waals surface area contributed by atoms with Gasteiger partial charge in [-0.1, -0.05) is 23.7 Å². The van der Waals surface area contributed by atoms with Gasteiger partial charge in [-0.2, -0.15) is 0 Å². The van der Waals surface area contributed by atoms with Crippen LogP contribution in [0, 0.1) is 0 Å². The number of ether oxygens (including phenoxy) is 1. The van der Waals surface area contributed by atoms with Crippen molar-refractivity contribution < 1.29 is 4.74 Å². The minimum absolute atomic E-state index is 0.480. The van der Waals surface area contributed by atoms with Crippen LogP contribution in [0.5, 0.6) is 5.75 Å². The van der Waals surface area contributed by atoms with E-state index in [1.165, 1.54) is 0 Å². The molecule has 0 unspecified atom stereocenters. The van der Waals surface area contributed by atoms with Crippen LogP contribution in [0.4, 0.5) is 0 Å². The van der Waals surface area contributed by atoms with Gasteiger partial charge in [-0.05, 0) is 29.8 Å². The maximum atomic E-state index is 6.09. The lowest BCUT2D eigenvalue weighted by atomic mass is 10.2. The quantitative estimate of drug-likeness (QED) is 0.901. The minimum atomic E-state index is 0.480. The van der Waals surface area contributed by atoms with E-state index >= 15 is 0 Å². The van der Waals surface area contributed by atoms with Gasteiger partial charge in [0.1, 0.15) is 5.75 Å². The summed E-state index contributed by atoms with van der Waals surface area (Å²) in [7, 11) is 0. The summed E-state index contributed by atoms with van der Waals surface area (Å²) < 4.78 is 5.63. The average molecular weight is 263 g/mol. The van der Waals surface area contributed by atoms with Crippen LogP contribution < -0.4 is 10.5 Å². The lowest BCUT2D eigenvalue weighted by molar-refractivity contribution is 0.320. The molecular formula is C14H15ClN2O. The minimum Gasteiger partial charge on any atom is -0.492 e. The smallest absolute Gasteiger partial charge is 0.137 e. The summed E-state index contributed by atoms with van der Waals surface area (Å²) in [5.41, 5.74) is 7.54. The van der Waals surface area contributed by atoms with Crippen molar-refractivity contribution in [3.05, 3.63) is 58.9 Å². The van der Waals surface area contributed by atoms with Gasteiger partial charge in [0, 0.05) is 24.9 Å². The molecule has 0 bridgehead atoms. The Balaban J connectivity index is 1.91. The van der Waals surface area contributed by atoms with E-state index in [2.05, 4.69) is 4.98 Å². The molecule has 0 amide bonds. The highest BCUT2D eigenvalue weighted by Gasteiger charge is 2.02. The molecule has 0 saturated heterocycles. The molecule has 1 aromatic carbocycles. The van der Waals surface area contributed by atoms with E-state index in [1.54, 1.807) is 6.20 Å². The summed E-state index contributed by atoms with van der Waals surface area (Å²) >= 11 is 6.09. The molecule has 0 aliphatic heterocycles.